The Morgan fingerprint density at radius 3 is 3.17 bits per heavy atom. The number of aromatic nitrogens is 4. The Morgan fingerprint density at radius 2 is 2.17 bits per heavy atom. The predicted molar refractivity (Wildman–Crippen MR) is 45.7 cm³/mol. The Hall–Kier alpha value is -1.84. The lowest BCUT2D eigenvalue weighted by Crippen LogP contribution is -1.71. The molecule has 4 nitrogen and oxygen atoms in total. The van der Waals surface area contributed by atoms with Crippen molar-refractivity contribution in [1.82, 2.24) is 20.4 Å². The highest BCUT2D eigenvalue weighted by Gasteiger charge is 2.02. The van der Waals surface area contributed by atoms with Gasteiger partial charge in [0, 0.05) is 11.6 Å². The predicted octanol–water partition coefficient (Wildman–Crippen LogP) is 1.44. The molecule has 12 heavy (non-hydrogen) atoms. The largest absolute Gasteiger partial charge is 0.283 e. The summed E-state index contributed by atoms with van der Waals surface area (Å²) in [6.07, 6.45) is 1.79. The molecule has 4 heteroatoms. The molecule has 0 aliphatic rings. The van der Waals surface area contributed by atoms with Crippen molar-refractivity contribution in [1.29, 1.82) is 0 Å². The molecule has 0 saturated heterocycles. The molecule has 3 rings (SSSR count). The van der Waals surface area contributed by atoms with Gasteiger partial charge >= 0.3 is 0 Å². The molecular weight excluding hydrogens is 152 g/mol. The number of nitrogens with one attached hydrogen (secondary N) is 2. The smallest absolute Gasteiger partial charge is 0.119 e. The number of benzene rings is 1. The van der Waals surface area contributed by atoms with Gasteiger partial charge in [-0.2, -0.15) is 5.10 Å². The van der Waals surface area contributed by atoms with E-state index in [0.717, 1.165) is 21.9 Å². The van der Waals surface area contributed by atoms with Crippen LogP contribution in [0.15, 0.2) is 24.4 Å². The van der Waals surface area contributed by atoms with Gasteiger partial charge in [-0.05, 0) is 18.2 Å². The SMILES string of the molecule is c1cc2c(ccc3[nH][nH]nc32)n1. The molecule has 0 aliphatic carbocycles. The third-order valence-corrected chi connectivity index (χ3v) is 2.01. The van der Waals surface area contributed by atoms with Gasteiger partial charge in [-0.1, -0.05) is 0 Å². The topological polar surface area (TPSA) is 57.4 Å². The molecule has 2 aromatic heterocycles. The number of nitrogens with zero attached hydrogens (tertiary/aromatic N) is 2. The van der Waals surface area contributed by atoms with Crippen LogP contribution in [0.25, 0.3) is 21.9 Å². The van der Waals surface area contributed by atoms with Crippen molar-refractivity contribution in [3.8, 4) is 0 Å². The summed E-state index contributed by atoms with van der Waals surface area (Å²) in [4.78, 5) is 4.18. The van der Waals surface area contributed by atoms with Gasteiger partial charge in [0.25, 0.3) is 0 Å². The lowest BCUT2D eigenvalue weighted by molar-refractivity contribution is 0.960. The Bertz CT molecular complexity index is 484. The second-order valence-corrected chi connectivity index (χ2v) is 2.69. The fourth-order valence-corrected chi connectivity index (χ4v) is 1.43. The molecule has 0 spiro atoms. The van der Waals surface area contributed by atoms with Crippen molar-refractivity contribution < 1.29 is 0 Å². The molecule has 0 radical (unpaired) electrons. The second-order valence-electron chi connectivity index (χ2n) is 2.69. The fourth-order valence-electron chi connectivity index (χ4n) is 1.43. The first kappa shape index (κ1) is 5.77. The van der Waals surface area contributed by atoms with Crippen LogP contribution in [0, 0.1) is 0 Å². The van der Waals surface area contributed by atoms with Crippen LogP contribution < -0.4 is 0 Å². The third kappa shape index (κ3) is 0.567. The highest BCUT2D eigenvalue weighted by molar-refractivity contribution is 6.02. The summed E-state index contributed by atoms with van der Waals surface area (Å²) in [5, 5.41) is 10.8. The van der Waals surface area contributed by atoms with Crippen LogP contribution in [0.5, 0.6) is 0 Å². The molecule has 1 aromatic carbocycles. The summed E-state index contributed by atoms with van der Waals surface area (Å²) in [5.41, 5.74) is 2.95. The molecule has 0 bridgehead atoms. The number of aromatic amines is 2. The quantitative estimate of drug-likeness (QED) is 0.520. The monoisotopic (exact) mass is 158 g/mol. The standard InChI is InChI=1S/C8H6N4/c1-2-7-8(11-12-10-7)5-3-4-9-6(1)5/h1-4,10,12H. The summed E-state index contributed by atoms with van der Waals surface area (Å²) in [5.74, 6) is 0. The first-order valence-electron chi connectivity index (χ1n) is 3.71. The molecule has 0 amide bonds. The van der Waals surface area contributed by atoms with E-state index in [0.29, 0.717) is 0 Å². The van der Waals surface area contributed by atoms with Gasteiger partial charge in [0.2, 0.25) is 0 Å². The van der Waals surface area contributed by atoms with Crippen LogP contribution >= 0.6 is 0 Å². The molecule has 3 aromatic rings. The molecule has 2 heterocycles. The molecular formula is C8H6N4. The minimum Gasteiger partial charge on any atom is -0.283 e. The Labute approximate surface area is 67.6 Å². The highest BCUT2D eigenvalue weighted by atomic mass is 15.3. The molecule has 2 N–H and O–H groups in total. The van der Waals surface area contributed by atoms with E-state index >= 15 is 0 Å². The van der Waals surface area contributed by atoms with E-state index in [4.69, 9.17) is 0 Å². The lowest BCUT2D eigenvalue weighted by atomic mass is 10.2. The Balaban J connectivity index is 2.71. The number of rotatable bonds is 0. The van der Waals surface area contributed by atoms with Crippen molar-refractivity contribution in [2.45, 2.75) is 0 Å². The van der Waals surface area contributed by atoms with Gasteiger partial charge in [0.15, 0.2) is 0 Å². The van der Waals surface area contributed by atoms with Crippen LogP contribution in [0.3, 0.4) is 0 Å². The highest BCUT2D eigenvalue weighted by Crippen LogP contribution is 2.20. The maximum atomic E-state index is 4.18. The Kier molecular flexibility index (Phi) is 0.889. The number of hydrogen-bond acceptors (Lipinski definition) is 2. The summed E-state index contributed by atoms with van der Waals surface area (Å²) >= 11 is 0. The first-order valence-corrected chi connectivity index (χ1v) is 3.71. The van der Waals surface area contributed by atoms with E-state index in [9.17, 15) is 0 Å². The zero-order valence-corrected chi connectivity index (χ0v) is 6.20. The molecule has 0 fully saturated rings. The van der Waals surface area contributed by atoms with Gasteiger partial charge in [-0.3, -0.25) is 10.1 Å². The summed E-state index contributed by atoms with van der Waals surface area (Å²) < 4.78 is 0. The molecule has 0 atom stereocenters. The van der Waals surface area contributed by atoms with Crippen LogP contribution in [-0.2, 0) is 0 Å². The minimum absolute atomic E-state index is 0.949. The van der Waals surface area contributed by atoms with Crippen molar-refractivity contribution in [3.05, 3.63) is 24.4 Å². The molecule has 58 valence electrons. The van der Waals surface area contributed by atoms with Gasteiger partial charge in [0.1, 0.15) is 5.52 Å². The van der Waals surface area contributed by atoms with E-state index in [1.165, 1.54) is 0 Å². The second kappa shape index (κ2) is 1.85. The zero-order chi connectivity index (χ0) is 7.97. The number of fused-ring (bicyclic) bond motifs is 3. The van der Waals surface area contributed by atoms with Crippen LogP contribution in [0.1, 0.15) is 0 Å². The molecule has 0 unspecified atom stereocenters. The molecule has 0 aliphatic heterocycles. The van der Waals surface area contributed by atoms with E-state index in [-0.39, 0.29) is 0 Å². The van der Waals surface area contributed by atoms with E-state index in [1.54, 1.807) is 6.20 Å². The average Bonchev–Trinajstić information content (AvgIpc) is 2.71. The maximum Gasteiger partial charge on any atom is 0.119 e. The van der Waals surface area contributed by atoms with Crippen molar-refractivity contribution in [3.63, 3.8) is 0 Å². The van der Waals surface area contributed by atoms with E-state index in [1.807, 2.05) is 18.2 Å². The van der Waals surface area contributed by atoms with E-state index < -0.39 is 0 Å². The molecule has 0 saturated carbocycles. The summed E-state index contributed by atoms with van der Waals surface area (Å²) in [6.45, 7) is 0. The summed E-state index contributed by atoms with van der Waals surface area (Å²) in [7, 11) is 0. The zero-order valence-electron chi connectivity index (χ0n) is 6.20. The Morgan fingerprint density at radius 1 is 1.17 bits per heavy atom. The van der Waals surface area contributed by atoms with Gasteiger partial charge in [-0.25, -0.2) is 5.21 Å². The lowest BCUT2D eigenvalue weighted by Gasteiger charge is -1.87. The van der Waals surface area contributed by atoms with Gasteiger partial charge in [-0.15, -0.1) is 0 Å². The number of H-pyrrole nitrogens is 2. The van der Waals surface area contributed by atoms with Gasteiger partial charge in [0.05, 0.1) is 11.0 Å². The fraction of sp³-hybridized carbons (Fsp3) is 0. The van der Waals surface area contributed by atoms with Crippen molar-refractivity contribution in [2.24, 2.45) is 0 Å². The average molecular weight is 158 g/mol. The first-order chi connectivity index (χ1) is 5.95. The van der Waals surface area contributed by atoms with Crippen LogP contribution in [0.4, 0.5) is 0 Å². The van der Waals surface area contributed by atoms with Crippen molar-refractivity contribution in [2.75, 3.05) is 0 Å². The summed E-state index contributed by atoms with van der Waals surface area (Å²) in [6, 6.07) is 5.91. The van der Waals surface area contributed by atoms with Gasteiger partial charge < -0.3 is 0 Å². The number of hydrogen-bond donors (Lipinski definition) is 2. The van der Waals surface area contributed by atoms with Crippen LogP contribution in [0.2, 0.25) is 0 Å². The maximum absolute atomic E-state index is 4.18. The van der Waals surface area contributed by atoms with Crippen LogP contribution in [-0.4, -0.2) is 20.4 Å². The minimum atomic E-state index is 0.949. The van der Waals surface area contributed by atoms with E-state index in [2.05, 4.69) is 20.4 Å². The normalized spacial score (nSPS) is 11.3. The third-order valence-electron chi connectivity index (χ3n) is 2.01. The van der Waals surface area contributed by atoms with Crippen molar-refractivity contribution >= 4 is 21.9 Å².